The van der Waals surface area contributed by atoms with Crippen molar-refractivity contribution in [1.82, 2.24) is 15.2 Å². The van der Waals surface area contributed by atoms with Gasteiger partial charge in [-0.1, -0.05) is 27.5 Å². The average Bonchev–Trinajstić information content (AvgIpc) is 2.82. The number of rotatable bonds is 3. The van der Waals surface area contributed by atoms with Crippen molar-refractivity contribution in [3.05, 3.63) is 33.5 Å². The topological polar surface area (TPSA) is 67.9 Å². The lowest BCUT2D eigenvalue weighted by atomic mass is 10.2. The first-order valence-corrected chi connectivity index (χ1v) is 6.34. The van der Waals surface area contributed by atoms with Crippen molar-refractivity contribution >= 4 is 33.5 Å². The van der Waals surface area contributed by atoms with Gasteiger partial charge in [0.1, 0.15) is 0 Å². The molecule has 1 heterocycles. The second-order valence-electron chi connectivity index (χ2n) is 3.35. The number of halogens is 2. The summed E-state index contributed by atoms with van der Waals surface area (Å²) in [5.41, 5.74) is 0.637. The summed E-state index contributed by atoms with van der Waals surface area (Å²) in [6, 6.07) is 5.31. The molecule has 5 nitrogen and oxygen atoms in total. The first kappa shape index (κ1) is 13.0. The zero-order valence-corrected chi connectivity index (χ0v) is 11.7. The standard InChI is InChI=1S/C11H9BrClN3O2/c1-2-18-11(17)10-14-9(15-16-10)7-5-6(12)3-4-8(7)13/h3-5H,2H2,1H3,(H,14,15,16). The zero-order chi connectivity index (χ0) is 13.1. The Labute approximate surface area is 117 Å². The molecule has 0 saturated heterocycles. The van der Waals surface area contributed by atoms with E-state index in [0.717, 1.165) is 4.47 Å². The van der Waals surface area contributed by atoms with Crippen molar-refractivity contribution in [1.29, 1.82) is 0 Å². The van der Waals surface area contributed by atoms with E-state index in [9.17, 15) is 4.79 Å². The molecule has 18 heavy (non-hydrogen) atoms. The molecule has 2 rings (SSSR count). The SMILES string of the molecule is CCOC(=O)c1nc(-c2cc(Br)ccc2Cl)n[nH]1. The summed E-state index contributed by atoms with van der Waals surface area (Å²) in [6.07, 6.45) is 0. The smallest absolute Gasteiger partial charge is 0.375 e. The van der Waals surface area contributed by atoms with E-state index in [1.54, 1.807) is 19.1 Å². The van der Waals surface area contributed by atoms with Gasteiger partial charge >= 0.3 is 5.97 Å². The highest BCUT2D eigenvalue weighted by Crippen LogP contribution is 2.28. The van der Waals surface area contributed by atoms with Crippen LogP contribution in [0.1, 0.15) is 17.5 Å². The van der Waals surface area contributed by atoms with Crippen molar-refractivity contribution in [2.75, 3.05) is 6.61 Å². The molecular weight excluding hydrogens is 321 g/mol. The number of carbonyl (C=O) groups excluding carboxylic acids is 1. The van der Waals surface area contributed by atoms with E-state index in [1.807, 2.05) is 6.07 Å². The third-order valence-electron chi connectivity index (χ3n) is 2.12. The van der Waals surface area contributed by atoms with Crippen LogP contribution in [0.25, 0.3) is 11.4 Å². The van der Waals surface area contributed by atoms with Crippen LogP contribution in [0.3, 0.4) is 0 Å². The van der Waals surface area contributed by atoms with Gasteiger partial charge in [-0.15, -0.1) is 0 Å². The Morgan fingerprint density at radius 3 is 3.06 bits per heavy atom. The Hall–Kier alpha value is -1.40. The molecule has 0 radical (unpaired) electrons. The first-order valence-electron chi connectivity index (χ1n) is 5.16. The highest BCUT2D eigenvalue weighted by atomic mass is 79.9. The van der Waals surface area contributed by atoms with Crippen LogP contribution in [0.4, 0.5) is 0 Å². The fourth-order valence-corrected chi connectivity index (χ4v) is 1.90. The maximum absolute atomic E-state index is 11.4. The van der Waals surface area contributed by atoms with Crippen molar-refractivity contribution in [3.8, 4) is 11.4 Å². The van der Waals surface area contributed by atoms with Gasteiger partial charge in [-0.3, -0.25) is 5.10 Å². The molecule has 0 unspecified atom stereocenters. The summed E-state index contributed by atoms with van der Waals surface area (Å²) in [6.45, 7) is 2.01. The van der Waals surface area contributed by atoms with Crippen LogP contribution in [0.15, 0.2) is 22.7 Å². The Bertz CT molecular complexity index is 585. The number of hydrogen-bond acceptors (Lipinski definition) is 4. The largest absolute Gasteiger partial charge is 0.460 e. The van der Waals surface area contributed by atoms with Gasteiger partial charge in [0.15, 0.2) is 5.82 Å². The highest BCUT2D eigenvalue weighted by Gasteiger charge is 2.15. The van der Waals surface area contributed by atoms with Crippen LogP contribution < -0.4 is 0 Å². The van der Waals surface area contributed by atoms with Gasteiger partial charge in [0.25, 0.3) is 0 Å². The van der Waals surface area contributed by atoms with E-state index >= 15 is 0 Å². The number of benzene rings is 1. The molecule has 0 amide bonds. The Kier molecular flexibility index (Phi) is 3.98. The van der Waals surface area contributed by atoms with Crippen LogP contribution in [-0.2, 0) is 4.74 Å². The number of carbonyl (C=O) groups is 1. The lowest BCUT2D eigenvalue weighted by molar-refractivity contribution is 0.0512. The summed E-state index contributed by atoms with van der Waals surface area (Å²) < 4.78 is 5.67. The average molecular weight is 331 g/mol. The number of hydrogen-bond donors (Lipinski definition) is 1. The molecule has 0 saturated carbocycles. The Balaban J connectivity index is 2.35. The highest BCUT2D eigenvalue weighted by molar-refractivity contribution is 9.10. The number of ether oxygens (including phenoxy) is 1. The van der Waals surface area contributed by atoms with Gasteiger partial charge in [-0.2, -0.15) is 5.10 Å². The van der Waals surface area contributed by atoms with Gasteiger partial charge in [-0.05, 0) is 25.1 Å². The normalized spacial score (nSPS) is 10.4. The maximum Gasteiger partial charge on any atom is 0.375 e. The number of nitrogens with one attached hydrogen (secondary N) is 1. The molecule has 0 spiro atoms. The molecule has 2 aromatic rings. The number of esters is 1. The second-order valence-corrected chi connectivity index (χ2v) is 4.68. The molecular formula is C11H9BrClN3O2. The molecule has 94 valence electrons. The molecule has 1 aromatic heterocycles. The van der Waals surface area contributed by atoms with Crippen LogP contribution >= 0.6 is 27.5 Å². The van der Waals surface area contributed by atoms with Gasteiger partial charge in [0.05, 0.1) is 11.6 Å². The number of aromatic nitrogens is 3. The quantitative estimate of drug-likeness (QED) is 0.878. The monoisotopic (exact) mass is 329 g/mol. The summed E-state index contributed by atoms with van der Waals surface area (Å²) in [5, 5.41) is 6.98. The van der Waals surface area contributed by atoms with Crippen molar-refractivity contribution < 1.29 is 9.53 Å². The summed E-state index contributed by atoms with van der Waals surface area (Å²) in [7, 11) is 0. The van der Waals surface area contributed by atoms with Crippen LogP contribution in [-0.4, -0.2) is 27.8 Å². The molecule has 0 bridgehead atoms. The fourth-order valence-electron chi connectivity index (χ4n) is 1.34. The van der Waals surface area contributed by atoms with Crippen LogP contribution in [0.5, 0.6) is 0 Å². The number of H-pyrrole nitrogens is 1. The first-order chi connectivity index (χ1) is 8.61. The minimum absolute atomic E-state index is 0.0582. The van der Waals surface area contributed by atoms with Gasteiger partial charge < -0.3 is 4.74 Å². The minimum atomic E-state index is -0.539. The molecule has 1 aromatic carbocycles. The van der Waals surface area contributed by atoms with E-state index in [-0.39, 0.29) is 12.4 Å². The summed E-state index contributed by atoms with van der Waals surface area (Å²) in [4.78, 5) is 15.5. The van der Waals surface area contributed by atoms with Crippen molar-refractivity contribution in [3.63, 3.8) is 0 Å². The van der Waals surface area contributed by atoms with E-state index in [1.165, 1.54) is 0 Å². The molecule has 0 fully saturated rings. The minimum Gasteiger partial charge on any atom is -0.460 e. The molecule has 7 heteroatoms. The maximum atomic E-state index is 11.4. The third kappa shape index (κ3) is 2.70. The van der Waals surface area contributed by atoms with Crippen molar-refractivity contribution in [2.45, 2.75) is 6.92 Å². The van der Waals surface area contributed by atoms with E-state index in [2.05, 4.69) is 31.1 Å². The summed E-state index contributed by atoms with van der Waals surface area (Å²) in [5.74, 6) is -0.130. The lowest BCUT2D eigenvalue weighted by Crippen LogP contribution is -2.06. The summed E-state index contributed by atoms with van der Waals surface area (Å²) >= 11 is 9.39. The third-order valence-corrected chi connectivity index (χ3v) is 2.95. The Morgan fingerprint density at radius 2 is 2.33 bits per heavy atom. The number of nitrogens with zero attached hydrogens (tertiary/aromatic N) is 2. The predicted molar refractivity (Wildman–Crippen MR) is 70.5 cm³/mol. The van der Waals surface area contributed by atoms with E-state index in [4.69, 9.17) is 16.3 Å². The molecule has 1 N–H and O–H groups in total. The molecule has 0 aliphatic carbocycles. The lowest BCUT2D eigenvalue weighted by Gasteiger charge is -1.99. The van der Waals surface area contributed by atoms with Crippen LogP contribution in [0, 0.1) is 0 Å². The Morgan fingerprint density at radius 1 is 1.56 bits per heavy atom. The van der Waals surface area contributed by atoms with Crippen LogP contribution in [0.2, 0.25) is 5.02 Å². The fraction of sp³-hybridized carbons (Fsp3) is 0.182. The van der Waals surface area contributed by atoms with Crippen molar-refractivity contribution in [2.24, 2.45) is 0 Å². The van der Waals surface area contributed by atoms with E-state index < -0.39 is 5.97 Å². The van der Waals surface area contributed by atoms with Gasteiger partial charge in [-0.25, -0.2) is 9.78 Å². The van der Waals surface area contributed by atoms with Gasteiger partial charge in [0.2, 0.25) is 5.82 Å². The van der Waals surface area contributed by atoms with Gasteiger partial charge in [0, 0.05) is 10.0 Å². The zero-order valence-electron chi connectivity index (χ0n) is 9.41. The number of aromatic amines is 1. The molecule has 0 atom stereocenters. The molecule has 0 aliphatic rings. The molecule has 0 aliphatic heterocycles. The van der Waals surface area contributed by atoms with E-state index in [0.29, 0.717) is 16.4 Å². The predicted octanol–water partition coefficient (Wildman–Crippen LogP) is 3.06. The second kappa shape index (κ2) is 5.49.